The van der Waals surface area contributed by atoms with Crippen molar-refractivity contribution in [1.82, 2.24) is 15.2 Å². The average Bonchev–Trinajstić information content (AvgIpc) is 2.58. The number of aryl methyl sites for hydroxylation is 2. The van der Waals surface area contributed by atoms with Gasteiger partial charge in [0.05, 0.1) is 17.4 Å². The molecule has 0 unspecified atom stereocenters. The molecule has 0 aliphatic rings. The molecule has 2 N–H and O–H groups in total. The molecule has 0 atom stereocenters. The second-order valence-electron chi connectivity index (χ2n) is 5.73. The van der Waals surface area contributed by atoms with E-state index in [4.69, 9.17) is 0 Å². The van der Waals surface area contributed by atoms with Crippen LogP contribution in [0.4, 0.5) is 36.3 Å². The SMILES string of the molecule is Cc1cccc(C)c1Nc1nncc(Nc2ccccc2C(F)(F)F)n1. The van der Waals surface area contributed by atoms with E-state index in [1.165, 1.54) is 24.4 Å². The minimum absolute atomic E-state index is 0.0986. The molecular formula is C18H16F3N5. The Bertz CT molecular complexity index is 904. The van der Waals surface area contributed by atoms with Crippen molar-refractivity contribution in [3.63, 3.8) is 0 Å². The molecule has 0 aliphatic heterocycles. The summed E-state index contributed by atoms with van der Waals surface area (Å²) in [5, 5.41) is 13.4. The molecule has 0 spiro atoms. The molecule has 8 heteroatoms. The predicted molar refractivity (Wildman–Crippen MR) is 93.8 cm³/mol. The van der Waals surface area contributed by atoms with E-state index in [1.807, 2.05) is 32.0 Å². The highest BCUT2D eigenvalue weighted by Gasteiger charge is 2.33. The molecule has 5 nitrogen and oxygen atoms in total. The summed E-state index contributed by atoms with van der Waals surface area (Å²) in [5.74, 6) is 0.349. The number of benzene rings is 2. The van der Waals surface area contributed by atoms with Gasteiger partial charge in [0.15, 0.2) is 5.82 Å². The zero-order valence-electron chi connectivity index (χ0n) is 14.1. The van der Waals surface area contributed by atoms with Crippen molar-refractivity contribution in [3.05, 3.63) is 65.4 Å². The Kier molecular flexibility index (Phi) is 4.75. The minimum atomic E-state index is -4.47. The number of para-hydroxylation sites is 2. The number of hydrogen-bond acceptors (Lipinski definition) is 5. The third-order valence-corrected chi connectivity index (χ3v) is 3.77. The molecule has 1 heterocycles. The van der Waals surface area contributed by atoms with Gasteiger partial charge >= 0.3 is 6.18 Å². The summed E-state index contributed by atoms with van der Waals surface area (Å²) in [7, 11) is 0. The number of nitrogens with zero attached hydrogens (tertiary/aromatic N) is 3. The summed E-state index contributed by atoms with van der Waals surface area (Å²) < 4.78 is 39.3. The first kappa shape index (κ1) is 17.7. The van der Waals surface area contributed by atoms with Crippen molar-refractivity contribution in [3.8, 4) is 0 Å². The fourth-order valence-corrected chi connectivity index (χ4v) is 2.52. The van der Waals surface area contributed by atoms with E-state index in [-0.39, 0.29) is 17.5 Å². The molecule has 26 heavy (non-hydrogen) atoms. The van der Waals surface area contributed by atoms with Gasteiger partial charge in [0, 0.05) is 5.69 Å². The van der Waals surface area contributed by atoms with Gasteiger partial charge < -0.3 is 10.6 Å². The van der Waals surface area contributed by atoms with Gasteiger partial charge in [-0.1, -0.05) is 30.3 Å². The Morgan fingerprint density at radius 1 is 0.885 bits per heavy atom. The monoisotopic (exact) mass is 359 g/mol. The van der Waals surface area contributed by atoms with Crippen LogP contribution in [-0.4, -0.2) is 15.2 Å². The first-order valence-electron chi connectivity index (χ1n) is 7.81. The Morgan fingerprint density at radius 3 is 2.27 bits per heavy atom. The molecule has 0 saturated carbocycles. The Morgan fingerprint density at radius 2 is 1.58 bits per heavy atom. The van der Waals surface area contributed by atoms with Gasteiger partial charge in [-0.2, -0.15) is 23.3 Å². The lowest BCUT2D eigenvalue weighted by Crippen LogP contribution is -2.10. The maximum Gasteiger partial charge on any atom is 0.418 e. The van der Waals surface area contributed by atoms with Crippen LogP contribution < -0.4 is 10.6 Å². The predicted octanol–water partition coefficient (Wildman–Crippen LogP) is 4.99. The summed E-state index contributed by atoms with van der Waals surface area (Å²) >= 11 is 0. The third-order valence-electron chi connectivity index (χ3n) is 3.77. The molecule has 0 radical (unpaired) electrons. The van der Waals surface area contributed by atoms with Gasteiger partial charge in [0.2, 0.25) is 5.95 Å². The van der Waals surface area contributed by atoms with Crippen LogP contribution >= 0.6 is 0 Å². The fourth-order valence-electron chi connectivity index (χ4n) is 2.52. The Labute approximate surface area is 148 Å². The van der Waals surface area contributed by atoms with Crippen LogP contribution in [0, 0.1) is 13.8 Å². The Hall–Kier alpha value is -3.16. The number of rotatable bonds is 4. The molecule has 3 rings (SSSR count). The highest BCUT2D eigenvalue weighted by atomic mass is 19.4. The molecule has 0 amide bonds. The number of alkyl halides is 3. The lowest BCUT2D eigenvalue weighted by atomic mass is 10.1. The van der Waals surface area contributed by atoms with E-state index < -0.39 is 11.7 Å². The summed E-state index contributed by atoms with van der Waals surface area (Å²) in [5.41, 5.74) is 1.95. The van der Waals surface area contributed by atoms with Gasteiger partial charge in [0.1, 0.15) is 0 Å². The summed E-state index contributed by atoms with van der Waals surface area (Å²) in [6.07, 6.45) is -3.20. The first-order valence-corrected chi connectivity index (χ1v) is 7.81. The lowest BCUT2D eigenvalue weighted by Gasteiger charge is -2.14. The standard InChI is InChI=1S/C18H16F3N5/c1-11-6-5-7-12(2)16(11)25-17-24-15(10-22-26-17)23-14-9-4-3-8-13(14)18(19,20)21/h3-10H,1-2H3,(H2,23,24,25,26). The topological polar surface area (TPSA) is 62.7 Å². The molecule has 1 aromatic heterocycles. The Balaban J connectivity index is 1.87. The quantitative estimate of drug-likeness (QED) is 0.687. The van der Waals surface area contributed by atoms with Gasteiger partial charge in [-0.3, -0.25) is 0 Å². The van der Waals surface area contributed by atoms with Crippen molar-refractivity contribution >= 4 is 23.1 Å². The number of aromatic nitrogens is 3. The summed E-state index contributed by atoms with van der Waals surface area (Å²) in [6.45, 7) is 3.87. The molecule has 0 saturated heterocycles. The maximum atomic E-state index is 13.1. The van der Waals surface area contributed by atoms with E-state index >= 15 is 0 Å². The number of halogens is 3. The van der Waals surface area contributed by atoms with Crippen molar-refractivity contribution in [2.24, 2.45) is 0 Å². The van der Waals surface area contributed by atoms with Crippen molar-refractivity contribution < 1.29 is 13.2 Å². The minimum Gasteiger partial charge on any atom is -0.338 e. The molecule has 0 fully saturated rings. The van der Waals surface area contributed by atoms with E-state index in [2.05, 4.69) is 25.8 Å². The summed E-state index contributed by atoms with van der Waals surface area (Å²) in [4.78, 5) is 4.21. The highest BCUT2D eigenvalue weighted by molar-refractivity contribution is 5.65. The summed E-state index contributed by atoms with van der Waals surface area (Å²) in [6, 6.07) is 11.0. The lowest BCUT2D eigenvalue weighted by molar-refractivity contribution is -0.136. The fraction of sp³-hybridized carbons (Fsp3) is 0.167. The van der Waals surface area contributed by atoms with E-state index in [1.54, 1.807) is 0 Å². The van der Waals surface area contributed by atoms with Crippen molar-refractivity contribution in [2.75, 3.05) is 10.6 Å². The first-order chi connectivity index (χ1) is 12.3. The van der Waals surface area contributed by atoms with Crippen LogP contribution in [-0.2, 0) is 6.18 Å². The van der Waals surface area contributed by atoms with Crippen LogP contribution in [0.2, 0.25) is 0 Å². The van der Waals surface area contributed by atoms with Gasteiger partial charge in [0.25, 0.3) is 0 Å². The van der Waals surface area contributed by atoms with E-state index in [0.29, 0.717) is 0 Å². The van der Waals surface area contributed by atoms with Crippen LogP contribution in [0.15, 0.2) is 48.7 Å². The number of anilines is 4. The third kappa shape index (κ3) is 3.90. The largest absolute Gasteiger partial charge is 0.418 e. The number of nitrogens with one attached hydrogen (secondary N) is 2. The van der Waals surface area contributed by atoms with Gasteiger partial charge in [-0.15, -0.1) is 5.10 Å². The molecule has 0 bridgehead atoms. The zero-order chi connectivity index (χ0) is 18.7. The smallest absolute Gasteiger partial charge is 0.338 e. The highest BCUT2D eigenvalue weighted by Crippen LogP contribution is 2.35. The second-order valence-corrected chi connectivity index (χ2v) is 5.73. The average molecular weight is 359 g/mol. The van der Waals surface area contributed by atoms with Gasteiger partial charge in [-0.05, 0) is 37.1 Å². The molecular weight excluding hydrogens is 343 g/mol. The molecule has 3 aromatic rings. The van der Waals surface area contributed by atoms with Crippen molar-refractivity contribution in [2.45, 2.75) is 20.0 Å². The van der Waals surface area contributed by atoms with E-state index in [9.17, 15) is 13.2 Å². The van der Waals surface area contributed by atoms with Crippen LogP contribution in [0.25, 0.3) is 0 Å². The normalized spacial score (nSPS) is 11.3. The van der Waals surface area contributed by atoms with Crippen LogP contribution in [0.3, 0.4) is 0 Å². The molecule has 0 aliphatic carbocycles. The van der Waals surface area contributed by atoms with Crippen LogP contribution in [0.1, 0.15) is 16.7 Å². The number of hydrogen-bond donors (Lipinski definition) is 2. The van der Waals surface area contributed by atoms with Crippen molar-refractivity contribution in [1.29, 1.82) is 0 Å². The molecule has 134 valence electrons. The van der Waals surface area contributed by atoms with E-state index in [0.717, 1.165) is 22.9 Å². The second kappa shape index (κ2) is 6.99. The maximum absolute atomic E-state index is 13.1. The molecule has 2 aromatic carbocycles. The zero-order valence-corrected chi connectivity index (χ0v) is 14.1. The van der Waals surface area contributed by atoms with Gasteiger partial charge in [-0.25, -0.2) is 0 Å². The van der Waals surface area contributed by atoms with Crippen LogP contribution in [0.5, 0.6) is 0 Å².